The fraction of sp³-hybridized carbons (Fsp3) is 0.429. The number of hydrogen-bond donors (Lipinski definition) is 1. The van der Waals surface area contributed by atoms with Crippen molar-refractivity contribution >= 4 is 35.8 Å². The van der Waals surface area contributed by atoms with Crippen LogP contribution >= 0.6 is 11.6 Å². The van der Waals surface area contributed by atoms with Gasteiger partial charge in [-0.1, -0.05) is 17.7 Å². The van der Waals surface area contributed by atoms with Crippen LogP contribution in [-0.2, 0) is 24.3 Å². The molecule has 8 heteroatoms. The average Bonchev–Trinajstić information content (AvgIpc) is 2.84. The SMILES string of the molecule is CC1(C)OB(c2ccc(C3(C(=O)Nc4ccc(Cl)cc4)COC3)nc2)OC1(C)C. The highest BCUT2D eigenvalue weighted by Gasteiger charge is 2.52. The number of nitrogens with one attached hydrogen (secondary N) is 1. The number of nitrogens with zero attached hydrogens (tertiary/aromatic N) is 1. The molecule has 1 aromatic carbocycles. The lowest BCUT2D eigenvalue weighted by Crippen LogP contribution is -2.56. The minimum atomic E-state index is -0.811. The summed E-state index contributed by atoms with van der Waals surface area (Å²) in [4.78, 5) is 17.6. The highest BCUT2D eigenvalue weighted by atomic mass is 35.5. The van der Waals surface area contributed by atoms with Crippen LogP contribution in [0.3, 0.4) is 0 Å². The lowest BCUT2D eigenvalue weighted by molar-refractivity contribution is -0.140. The summed E-state index contributed by atoms with van der Waals surface area (Å²) >= 11 is 5.91. The predicted molar refractivity (Wildman–Crippen MR) is 113 cm³/mol. The maximum Gasteiger partial charge on any atom is 0.496 e. The molecule has 0 radical (unpaired) electrons. The third-order valence-electron chi connectivity index (χ3n) is 6.04. The molecule has 2 aliphatic heterocycles. The van der Waals surface area contributed by atoms with Crippen molar-refractivity contribution < 1.29 is 18.8 Å². The number of hydrogen-bond acceptors (Lipinski definition) is 5. The number of aromatic nitrogens is 1. The molecule has 6 nitrogen and oxygen atoms in total. The Kier molecular flexibility index (Phi) is 4.98. The molecule has 0 aliphatic carbocycles. The molecule has 2 saturated heterocycles. The zero-order valence-electron chi connectivity index (χ0n) is 17.0. The van der Waals surface area contributed by atoms with E-state index in [9.17, 15) is 4.79 Å². The van der Waals surface area contributed by atoms with Gasteiger partial charge in [0.2, 0.25) is 5.91 Å². The van der Waals surface area contributed by atoms with Gasteiger partial charge in [0.25, 0.3) is 0 Å². The van der Waals surface area contributed by atoms with Gasteiger partial charge in [-0.15, -0.1) is 0 Å². The summed E-state index contributed by atoms with van der Waals surface area (Å²) in [5.41, 5.74) is 0.514. The van der Waals surface area contributed by atoms with Crippen LogP contribution in [0.4, 0.5) is 5.69 Å². The van der Waals surface area contributed by atoms with E-state index in [2.05, 4.69) is 10.3 Å². The molecular formula is C21H24BClN2O4. The molecule has 0 bridgehead atoms. The van der Waals surface area contributed by atoms with Crippen molar-refractivity contribution in [3.63, 3.8) is 0 Å². The lowest BCUT2D eigenvalue weighted by atomic mass is 9.77. The van der Waals surface area contributed by atoms with Gasteiger partial charge in [0.15, 0.2) is 0 Å². The van der Waals surface area contributed by atoms with Crippen LogP contribution in [0.1, 0.15) is 33.4 Å². The van der Waals surface area contributed by atoms with Crippen LogP contribution in [0.5, 0.6) is 0 Å². The standard InChI is InChI=1S/C21H24BClN2O4/c1-19(2)20(3,4)29-22(28-19)14-5-10-17(24-11-14)21(12-27-13-21)18(26)25-16-8-6-15(23)7-9-16/h5-11H,12-13H2,1-4H3,(H,25,26). The van der Waals surface area contributed by atoms with Crippen LogP contribution in [-0.4, -0.2) is 42.4 Å². The molecule has 29 heavy (non-hydrogen) atoms. The first-order chi connectivity index (χ1) is 13.6. The van der Waals surface area contributed by atoms with Crippen LogP contribution in [0, 0.1) is 0 Å². The number of rotatable bonds is 4. The van der Waals surface area contributed by atoms with Gasteiger partial charge in [0.05, 0.1) is 30.1 Å². The maximum atomic E-state index is 13.0. The molecule has 0 saturated carbocycles. The molecule has 2 aliphatic rings. The molecule has 2 fully saturated rings. The van der Waals surface area contributed by atoms with Crippen molar-refractivity contribution in [3.05, 3.63) is 53.3 Å². The summed E-state index contributed by atoms with van der Waals surface area (Å²) in [6.07, 6.45) is 1.72. The molecule has 1 N–H and O–H groups in total. The van der Waals surface area contributed by atoms with E-state index in [4.69, 9.17) is 25.6 Å². The molecular weight excluding hydrogens is 391 g/mol. The summed E-state index contributed by atoms with van der Waals surface area (Å²) in [6, 6.07) is 10.8. The third-order valence-corrected chi connectivity index (χ3v) is 6.29. The van der Waals surface area contributed by atoms with Gasteiger partial charge in [0.1, 0.15) is 5.41 Å². The summed E-state index contributed by atoms with van der Waals surface area (Å²) in [5.74, 6) is -0.151. The minimum absolute atomic E-state index is 0.151. The van der Waals surface area contributed by atoms with Gasteiger partial charge in [-0.3, -0.25) is 9.78 Å². The Bertz CT molecular complexity index is 895. The number of halogens is 1. The smallest absolute Gasteiger partial charge is 0.399 e. The van der Waals surface area contributed by atoms with E-state index in [1.54, 1.807) is 30.5 Å². The monoisotopic (exact) mass is 414 g/mol. The van der Waals surface area contributed by atoms with Crippen LogP contribution < -0.4 is 10.8 Å². The zero-order chi connectivity index (χ0) is 20.9. The van der Waals surface area contributed by atoms with E-state index in [0.29, 0.717) is 16.4 Å². The topological polar surface area (TPSA) is 69.7 Å². The van der Waals surface area contributed by atoms with Gasteiger partial charge in [-0.05, 0) is 58.0 Å². The quantitative estimate of drug-likeness (QED) is 0.779. The molecule has 3 heterocycles. The van der Waals surface area contributed by atoms with Crippen molar-refractivity contribution in [2.45, 2.75) is 44.3 Å². The Balaban J connectivity index is 1.52. The van der Waals surface area contributed by atoms with E-state index in [-0.39, 0.29) is 19.1 Å². The maximum absolute atomic E-state index is 13.0. The minimum Gasteiger partial charge on any atom is -0.399 e. The molecule has 2 aromatic rings. The first-order valence-electron chi connectivity index (χ1n) is 9.60. The van der Waals surface area contributed by atoms with E-state index >= 15 is 0 Å². The van der Waals surface area contributed by atoms with Crippen molar-refractivity contribution in [1.29, 1.82) is 0 Å². The van der Waals surface area contributed by atoms with Crippen LogP contribution in [0.25, 0.3) is 0 Å². The molecule has 152 valence electrons. The fourth-order valence-corrected chi connectivity index (χ4v) is 3.42. The number of pyridine rings is 1. The number of ether oxygens (including phenoxy) is 1. The second-order valence-electron chi connectivity index (χ2n) is 8.60. The molecule has 0 unspecified atom stereocenters. The largest absolute Gasteiger partial charge is 0.496 e. The Hall–Kier alpha value is -1.93. The Morgan fingerprint density at radius 3 is 2.14 bits per heavy atom. The average molecular weight is 415 g/mol. The normalized spacial score (nSPS) is 21.5. The molecule has 0 spiro atoms. The van der Waals surface area contributed by atoms with Gasteiger partial charge in [0, 0.05) is 22.4 Å². The van der Waals surface area contributed by atoms with Gasteiger partial charge >= 0.3 is 7.12 Å². The Morgan fingerprint density at radius 2 is 1.66 bits per heavy atom. The first kappa shape index (κ1) is 20.4. The zero-order valence-corrected chi connectivity index (χ0v) is 17.7. The van der Waals surface area contributed by atoms with E-state index in [1.165, 1.54) is 0 Å². The lowest BCUT2D eigenvalue weighted by Gasteiger charge is -2.39. The first-order valence-corrected chi connectivity index (χ1v) is 9.98. The van der Waals surface area contributed by atoms with E-state index in [0.717, 1.165) is 5.46 Å². The summed E-state index contributed by atoms with van der Waals surface area (Å²) in [6.45, 7) is 8.62. The van der Waals surface area contributed by atoms with Gasteiger partial charge in [-0.25, -0.2) is 0 Å². The summed E-state index contributed by atoms with van der Waals surface area (Å²) in [7, 11) is -0.488. The molecule has 4 rings (SSSR count). The van der Waals surface area contributed by atoms with Crippen molar-refractivity contribution in [1.82, 2.24) is 4.98 Å². The van der Waals surface area contributed by atoms with Crippen molar-refractivity contribution in [2.75, 3.05) is 18.5 Å². The predicted octanol–water partition coefficient (Wildman–Crippen LogP) is 2.94. The molecule has 1 amide bonds. The van der Waals surface area contributed by atoms with E-state index < -0.39 is 23.7 Å². The highest BCUT2D eigenvalue weighted by molar-refractivity contribution is 6.62. The number of carbonyl (C=O) groups is 1. The fourth-order valence-electron chi connectivity index (χ4n) is 3.29. The number of benzene rings is 1. The van der Waals surface area contributed by atoms with E-state index in [1.807, 2.05) is 39.8 Å². The number of amides is 1. The van der Waals surface area contributed by atoms with Crippen LogP contribution in [0.2, 0.25) is 5.02 Å². The summed E-state index contributed by atoms with van der Waals surface area (Å²) < 4.78 is 17.5. The molecule has 0 atom stereocenters. The number of carbonyl (C=O) groups excluding carboxylic acids is 1. The summed E-state index contributed by atoms with van der Waals surface area (Å²) in [5, 5.41) is 3.55. The van der Waals surface area contributed by atoms with Gasteiger partial charge in [-0.2, -0.15) is 0 Å². The van der Waals surface area contributed by atoms with Crippen molar-refractivity contribution in [3.8, 4) is 0 Å². The number of anilines is 1. The van der Waals surface area contributed by atoms with Crippen molar-refractivity contribution in [2.24, 2.45) is 0 Å². The Morgan fingerprint density at radius 1 is 1.03 bits per heavy atom. The Labute approximate surface area is 176 Å². The third kappa shape index (κ3) is 3.57. The second kappa shape index (κ2) is 7.09. The highest BCUT2D eigenvalue weighted by Crippen LogP contribution is 2.37. The second-order valence-corrected chi connectivity index (χ2v) is 9.04. The van der Waals surface area contributed by atoms with Gasteiger partial charge < -0.3 is 19.4 Å². The molecule has 1 aromatic heterocycles. The van der Waals surface area contributed by atoms with Crippen LogP contribution in [0.15, 0.2) is 42.6 Å².